The fraction of sp³-hybridized carbons (Fsp3) is 0.361. The molecule has 0 spiro atoms. The first-order valence-electron chi connectivity index (χ1n) is 16.3. The van der Waals surface area contributed by atoms with Crippen LogP contribution in [0.4, 0.5) is 5.69 Å². The van der Waals surface area contributed by atoms with Crippen molar-refractivity contribution in [1.29, 1.82) is 0 Å². The Kier molecular flexibility index (Phi) is 8.38. The second-order valence-corrected chi connectivity index (χ2v) is 14.2. The average molecular weight is 666 g/mol. The monoisotopic (exact) mass is 665 g/mol. The van der Waals surface area contributed by atoms with Crippen molar-refractivity contribution in [2.24, 2.45) is 13.0 Å². The van der Waals surface area contributed by atoms with E-state index >= 15 is 0 Å². The lowest BCUT2D eigenvalue weighted by Gasteiger charge is -2.43. The number of aliphatic hydroxyl groups is 1. The molecule has 0 saturated carbocycles. The van der Waals surface area contributed by atoms with Crippen molar-refractivity contribution in [3.63, 3.8) is 0 Å². The van der Waals surface area contributed by atoms with Gasteiger partial charge in [-0.05, 0) is 61.6 Å². The number of hydrogen-bond donors (Lipinski definition) is 2. The number of likely N-dealkylation sites (tertiary alicyclic amines) is 2. The lowest BCUT2D eigenvalue weighted by atomic mass is 9.79. The summed E-state index contributed by atoms with van der Waals surface area (Å²) >= 11 is 1.38. The van der Waals surface area contributed by atoms with Crippen molar-refractivity contribution in [2.75, 3.05) is 31.9 Å². The molecule has 0 aliphatic carbocycles. The molecule has 2 fully saturated rings. The summed E-state index contributed by atoms with van der Waals surface area (Å²) in [6.45, 7) is 3.68. The average Bonchev–Trinajstić information content (AvgIpc) is 3.68. The van der Waals surface area contributed by atoms with Crippen LogP contribution in [0.25, 0.3) is 21.5 Å². The van der Waals surface area contributed by atoms with Crippen LogP contribution in [-0.4, -0.2) is 77.6 Å². The number of benzene rings is 1. The van der Waals surface area contributed by atoms with Crippen molar-refractivity contribution in [2.45, 2.75) is 44.2 Å². The van der Waals surface area contributed by atoms with Crippen LogP contribution in [0.3, 0.4) is 0 Å². The molecule has 1 aromatic carbocycles. The Hall–Kier alpha value is -4.81. The smallest absolute Gasteiger partial charge is 0.264 e. The van der Waals surface area contributed by atoms with E-state index < -0.39 is 5.60 Å². The van der Waals surface area contributed by atoms with E-state index in [0.29, 0.717) is 67.0 Å². The lowest BCUT2D eigenvalue weighted by Crippen LogP contribution is -2.53. The number of aromatic nitrogens is 4. The first kappa shape index (κ1) is 31.8. The number of pyridine rings is 1. The van der Waals surface area contributed by atoms with Gasteiger partial charge in [0.2, 0.25) is 5.91 Å². The standard InChI is InChI=1S/C36H39N7O4S/c1-23-18-25(8-13-38-23)31-29(37)19-30(48-31)35(46)42-15-10-26(28(20-42)24-6-4-3-5-7-24)33(44)41-16-11-36(47,12-17-41)21-43-22-39-32-27(34(43)45)9-14-40(32)2/h3-9,13-14,18-19,22,26,28,47H,10-12,15-17,20-21,37H2,1-2H3/t26-,28+/m1/s1. The van der Waals surface area contributed by atoms with Crippen molar-refractivity contribution >= 4 is 39.9 Å². The number of hydrogen-bond acceptors (Lipinski definition) is 8. The number of carbonyl (C=O) groups is 2. The van der Waals surface area contributed by atoms with Crippen molar-refractivity contribution in [1.82, 2.24) is 28.9 Å². The maximum atomic E-state index is 14.1. The molecule has 0 unspecified atom stereocenters. The molecule has 12 heteroatoms. The van der Waals surface area contributed by atoms with E-state index in [1.54, 1.807) is 29.1 Å². The highest BCUT2D eigenvalue weighted by molar-refractivity contribution is 7.18. The largest absolute Gasteiger partial charge is 0.398 e. The summed E-state index contributed by atoms with van der Waals surface area (Å²) in [6, 6.07) is 17.3. The van der Waals surface area contributed by atoms with E-state index in [1.807, 2.05) is 66.2 Å². The van der Waals surface area contributed by atoms with Gasteiger partial charge in [0.05, 0.1) is 33.0 Å². The Labute approximate surface area is 282 Å². The van der Waals surface area contributed by atoms with E-state index in [9.17, 15) is 19.5 Å². The molecule has 48 heavy (non-hydrogen) atoms. The fourth-order valence-electron chi connectivity index (χ4n) is 7.20. The first-order valence-corrected chi connectivity index (χ1v) is 17.1. The number of amides is 2. The van der Waals surface area contributed by atoms with Gasteiger partial charge in [-0.2, -0.15) is 0 Å². The summed E-state index contributed by atoms with van der Waals surface area (Å²) in [4.78, 5) is 54.9. The molecule has 0 bridgehead atoms. The van der Waals surface area contributed by atoms with Crippen LogP contribution >= 0.6 is 11.3 Å². The summed E-state index contributed by atoms with van der Waals surface area (Å²) in [6.07, 6.45) is 6.26. The first-order chi connectivity index (χ1) is 23.1. The zero-order valence-electron chi connectivity index (χ0n) is 27.1. The third-order valence-electron chi connectivity index (χ3n) is 9.90. The van der Waals surface area contributed by atoms with Crippen molar-refractivity contribution in [3.8, 4) is 10.4 Å². The molecule has 5 aromatic rings. The van der Waals surface area contributed by atoms with Gasteiger partial charge in [-0.1, -0.05) is 30.3 Å². The molecule has 11 nitrogen and oxygen atoms in total. The third-order valence-corrected chi connectivity index (χ3v) is 11.1. The van der Waals surface area contributed by atoms with Crippen molar-refractivity contribution in [3.05, 3.63) is 99.8 Å². The van der Waals surface area contributed by atoms with Crippen LogP contribution in [0.5, 0.6) is 0 Å². The van der Waals surface area contributed by atoms with E-state index in [-0.39, 0.29) is 35.8 Å². The van der Waals surface area contributed by atoms with Crippen LogP contribution in [0, 0.1) is 12.8 Å². The van der Waals surface area contributed by atoms with Gasteiger partial charge >= 0.3 is 0 Å². The maximum absolute atomic E-state index is 14.1. The topological polar surface area (TPSA) is 140 Å². The minimum absolute atomic E-state index is 0.0400. The number of anilines is 1. The van der Waals surface area contributed by atoms with Crippen molar-refractivity contribution < 1.29 is 14.7 Å². The number of carbonyl (C=O) groups excluding carboxylic acids is 2. The number of fused-ring (bicyclic) bond motifs is 1. The number of nitrogen functional groups attached to an aromatic ring is 1. The highest BCUT2D eigenvalue weighted by Gasteiger charge is 2.42. The Morgan fingerprint density at radius 3 is 2.56 bits per heavy atom. The molecule has 248 valence electrons. The molecule has 4 aromatic heterocycles. The fourth-order valence-corrected chi connectivity index (χ4v) is 8.24. The van der Waals surface area contributed by atoms with E-state index in [1.165, 1.54) is 22.2 Å². The Morgan fingerprint density at radius 2 is 1.81 bits per heavy atom. The second-order valence-electron chi connectivity index (χ2n) is 13.1. The molecule has 2 saturated heterocycles. The second kappa shape index (κ2) is 12.7. The number of aryl methyl sites for hydroxylation is 2. The molecule has 2 aliphatic rings. The molecule has 6 heterocycles. The summed E-state index contributed by atoms with van der Waals surface area (Å²) < 4.78 is 3.27. The molecule has 3 N–H and O–H groups in total. The number of piperidine rings is 2. The van der Waals surface area contributed by atoms with Gasteiger partial charge in [-0.25, -0.2) is 4.98 Å². The quantitative estimate of drug-likeness (QED) is 0.279. The summed E-state index contributed by atoms with van der Waals surface area (Å²) in [5, 5.41) is 12.0. The molecule has 0 radical (unpaired) electrons. The van der Waals surface area contributed by atoms with Crippen LogP contribution in [0.1, 0.15) is 46.1 Å². The number of nitrogens with zero attached hydrogens (tertiary/aromatic N) is 6. The molecule has 2 amide bonds. The van der Waals surface area contributed by atoms with Gasteiger partial charge < -0.3 is 25.2 Å². The van der Waals surface area contributed by atoms with Gasteiger partial charge in [-0.3, -0.25) is 23.9 Å². The number of rotatable bonds is 6. The predicted molar refractivity (Wildman–Crippen MR) is 186 cm³/mol. The van der Waals surface area contributed by atoms with E-state index in [0.717, 1.165) is 21.7 Å². The maximum Gasteiger partial charge on any atom is 0.264 e. The van der Waals surface area contributed by atoms with Gasteiger partial charge in [-0.15, -0.1) is 11.3 Å². The Bertz CT molecular complexity index is 2040. The molecule has 2 aliphatic heterocycles. The Balaban J connectivity index is 1.05. The van der Waals surface area contributed by atoms with Gasteiger partial charge in [0.25, 0.3) is 11.5 Å². The summed E-state index contributed by atoms with van der Waals surface area (Å²) in [7, 11) is 1.84. The van der Waals surface area contributed by atoms with Crippen LogP contribution < -0.4 is 11.3 Å². The van der Waals surface area contributed by atoms with Gasteiger partial charge in [0.1, 0.15) is 12.0 Å². The minimum atomic E-state index is -1.13. The van der Waals surface area contributed by atoms with Crippen LogP contribution in [-0.2, 0) is 18.4 Å². The highest BCUT2D eigenvalue weighted by Crippen LogP contribution is 2.39. The molecule has 2 atom stereocenters. The minimum Gasteiger partial charge on any atom is -0.398 e. The molecule has 7 rings (SSSR count). The molecular formula is C36H39N7O4S. The zero-order chi connectivity index (χ0) is 33.6. The summed E-state index contributed by atoms with van der Waals surface area (Å²) in [5.41, 5.74) is 9.06. The number of nitrogens with two attached hydrogens (primary N) is 1. The number of thiophene rings is 1. The predicted octanol–water partition coefficient (Wildman–Crippen LogP) is 4.05. The highest BCUT2D eigenvalue weighted by atomic mass is 32.1. The van der Waals surface area contributed by atoms with Crippen LogP contribution in [0.2, 0.25) is 0 Å². The van der Waals surface area contributed by atoms with Gasteiger partial charge in [0.15, 0.2) is 0 Å². The SMILES string of the molecule is Cc1cc(-c2sc(C(=O)N3CC[C@@H](C(=O)N4CCC(O)(Cn5cnc6c(ccn6C)c5=O)CC4)[C@H](c4ccccc4)C3)cc2N)ccn1. The zero-order valence-corrected chi connectivity index (χ0v) is 27.9. The Morgan fingerprint density at radius 1 is 1.04 bits per heavy atom. The lowest BCUT2D eigenvalue weighted by molar-refractivity contribution is -0.142. The van der Waals surface area contributed by atoms with Gasteiger partial charge in [0, 0.05) is 63.2 Å². The normalized spacial score (nSPS) is 19.5. The van der Waals surface area contributed by atoms with E-state index in [4.69, 9.17) is 5.73 Å². The summed E-state index contributed by atoms with van der Waals surface area (Å²) in [5.74, 6) is -0.534. The molecular weight excluding hydrogens is 627 g/mol. The van der Waals surface area contributed by atoms with Crippen LogP contribution in [0.15, 0.2) is 78.1 Å². The third kappa shape index (κ3) is 6.01. The van der Waals surface area contributed by atoms with E-state index in [2.05, 4.69) is 9.97 Å².